The molecule has 1 unspecified atom stereocenters. The number of tetrazole rings is 1. The molecule has 1 aromatic heterocycles. The molecule has 1 saturated carbocycles. The van der Waals surface area contributed by atoms with Gasteiger partial charge in [-0.1, -0.05) is 13.8 Å². The van der Waals surface area contributed by atoms with Gasteiger partial charge >= 0.3 is 0 Å². The van der Waals surface area contributed by atoms with Gasteiger partial charge in [-0.05, 0) is 48.4 Å². The average molecular weight is 223 g/mol. The summed E-state index contributed by atoms with van der Waals surface area (Å²) in [5, 5.41) is 11.8. The highest BCUT2D eigenvalue weighted by Crippen LogP contribution is 2.40. The number of nitrogens with zero attached hydrogens (tertiary/aromatic N) is 4. The highest BCUT2D eigenvalue weighted by atomic mass is 15.6. The van der Waals surface area contributed by atoms with Crippen molar-refractivity contribution in [3.05, 3.63) is 5.82 Å². The number of aromatic nitrogens is 4. The van der Waals surface area contributed by atoms with Gasteiger partial charge in [-0.2, -0.15) is 0 Å². The van der Waals surface area contributed by atoms with Gasteiger partial charge in [-0.25, -0.2) is 4.68 Å². The molecule has 0 radical (unpaired) electrons. The van der Waals surface area contributed by atoms with Crippen LogP contribution in [0.4, 0.5) is 0 Å². The molecule has 1 fully saturated rings. The van der Waals surface area contributed by atoms with Crippen LogP contribution in [0, 0.1) is 5.41 Å². The van der Waals surface area contributed by atoms with E-state index < -0.39 is 0 Å². The number of rotatable bonds is 2. The molecule has 0 amide bonds. The van der Waals surface area contributed by atoms with E-state index in [0.717, 1.165) is 18.7 Å². The minimum Gasteiger partial charge on any atom is -0.322 e. The topological polar surface area (TPSA) is 69.6 Å². The van der Waals surface area contributed by atoms with E-state index in [1.165, 1.54) is 12.8 Å². The maximum absolute atomic E-state index is 5.86. The Morgan fingerprint density at radius 3 is 2.56 bits per heavy atom. The summed E-state index contributed by atoms with van der Waals surface area (Å²) in [7, 11) is 0. The largest absolute Gasteiger partial charge is 0.322 e. The van der Waals surface area contributed by atoms with E-state index in [0.29, 0.717) is 11.5 Å². The van der Waals surface area contributed by atoms with Crippen LogP contribution in [0.5, 0.6) is 0 Å². The molecule has 1 heterocycles. The third-order valence-corrected chi connectivity index (χ3v) is 3.58. The van der Waals surface area contributed by atoms with Crippen LogP contribution in [0.1, 0.15) is 64.4 Å². The van der Waals surface area contributed by atoms with Crippen LogP contribution < -0.4 is 5.73 Å². The van der Waals surface area contributed by atoms with Crippen LogP contribution in [0.3, 0.4) is 0 Å². The smallest absolute Gasteiger partial charge is 0.167 e. The second-order valence-electron chi connectivity index (χ2n) is 5.67. The van der Waals surface area contributed by atoms with E-state index in [2.05, 4.69) is 29.4 Å². The summed E-state index contributed by atoms with van der Waals surface area (Å²) in [5.41, 5.74) is 6.33. The summed E-state index contributed by atoms with van der Waals surface area (Å²) < 4.78 is 1.93. The lowest BCUT2D eigenvalue weighted by Crippen LogP contribution is -2.26. The van der Waals surface area contributed by atoms with Gasteiger partial charge in [-0.15, -0.1) is 5.10 Å². The van der Waals surface area contributed by atoms with Gasteiger partial charge in [0.05, 0.1) is 12.1 Å². The first-order chi connectivity index (χ1) is 7.49. The lowest BCUT2D eigenvalue weighted by atomic mass is 9.75. The van der Waals surface area contributed by atoms with Crippen molar-refractivity contribution in [2.45, 2.75) is 58.5 Å². The molecule has 1 aromatic rings. The zero-order chi connectivity index (χ0) is 11.8. The van der Waals surface area contributed by atoms with Crippen LogP contribution in [-0.2, 0) is 0 Å². The van der Waals surface area contributed by atoms with Gasteiger partial charge in [0.15, 0.2) is 5.82 Å². The van der Waals surface area contributed by atoms with Crippen LogP contribution >= 0.6 is 0 Å². The molecule has 90 valence electrons. The van der Waals surface area contributed by atoms with Gasteiger partial charge in [0.1, 0.15) is 0 Å². The summed E-state index contributed by atoms with van der Waals surface area (Å²) in [6.07, 6.45) is 4.77. The van der Waals surface area contributed by atoms with Gasteiger partial charge in [-0.3, -0.25) is 0 Å². The van der Waals surface area contributed by atoms with E-state index in [4.69, 9.17) is 5.73 Å². The number of hydrogen-bond acceptors (Lipinski definition) is 4. The van der Waals surface area contributed by atoms with Crippen molar-refractivity contribution < 1.29 is 0 Å². The molecule has 0 spiro atoms. The molecular formula is C11H21N5. The molecule has 0 bridgehead atoms. The monoisotopic (exact) mass is 223 g/mol. The maximum atomic E-state index is 5.86. The molecule has 1 atom stereocenters. The first-order valence-electron chi connectivity index (χ1n) is 6.03. The van der Waals surface area contributed by atoms with Crippen LogP contribution in [-0.4, -0.2) is 20.2 Å². The zero-order valence-corrected chi connectivity index (χ0v) is 10.3. The van der Waals surface area contributed by atoms with Crippen molar-refractivity contribution in [1.29, 1.82) is 0 Å². The molecule has 0 saturated heterocycles. The number of nitrogens with two attached hydrogens (primary N) is 1. The van der Waals surface area contributed by atoms with Gasteiger partial charge in [0.25, 0.3) is 0 Å². The summed E-state index contributed by atoms with van der Waals surface area (Å²) in [6.45, 7) is 6.58. The van der Waals surface area contributed by atoms with Gasteiger partial charge in [0, 0.05) is 0 Å². The van der Waals surface area contributed by atoms with E-state index in [9.17, 15) is 0 Å². The second kappa shape index (κ2) is 4.13. The molecule has 5 nitrogen and oxygen atoms in total. The molecule has 0 aromatic carbocycles. The van der Waals surface area contributed by atoms with Gasteiger partial charge in [0.2, 0.25) is 0 Å². The van der Waals surface area contributed by atoms with Crippen LogP contribution in [0.2, 0.25) is 0 Å². The summed E-state index contributed by atoms with van der Waals surface area (Å²) >= 11 is 0. The van der Waals surface area contributed by atoms with Crippen molar-refractivity contribution in [3.8, 4) is 0 Å². The zero-order valence-electron chi connectivity index (χ0n) is 10.3. The Hall–Kier alpha value is -0.970. The SMILES string of the molecule is CC(N)c1nnnn1C1CCC(C)(C)CC1. The Morgan fingerprint density at radius 1 is 1.38 bits per heavy atom. The molecule has 5 heteroatoms. The van der Waals surface area contributed by atoms with Crippen molar-refractivity contribution in [3.63, 3.8) is 0 Å². The Morgan fingerprint density at radius 2 is 2.00 bits per heavy atom. The van der Waals surface area contributed by atoms with Crippen molar-refractivity contribution in [1.82, 2.24) is 20.2 Å². The molecule has 1 aliphatic rings. The second-order valence-corrected chi connectivity index (χ2v) is 5.67. The minimum absolute atomic E-state index is 0.0927. The predicted octanol–water partition coefficient (Wildman–Crippen LogP) is 1.83. The summed E-state index contributed by atoms with van der Waals surface area (Å²) in [4.78, 5) is 0. The molecule has 16 heavy (non-hydrogen) atoms. The Labute approximate surface area is 96.4 Å². The molecule has 2 N–H and O–H groups in total. The third kappa shape index (κ3) is 2.24. The van der Waals surface area contributed by atoms with E-state index in [-0.39, 0.29) is 6.04 Å². The fraction of sp³-hybridized carbons (Fsp3) is 0.909. The van der Waals surface area contributed by atoms with Crippen molar-refractivity contribution in [2.75, 3.05) is 0 Å². The van der Waals surface area contributed by atoms with Gasteiger partial charge < -0.3 is 5.73 Å². The summed E-state index contributed by atoms with van der Waals surface area (Å²) in [5.74, 6) is 0.810. The Balaban J connectivity index is 2.11. The highest BCUT2D eigenvalue weighted by molar-refractivity contribution is 4.92. The lowest BCUT2D eigenvalue weighted by molar-refractivity contribution is 0.181. The van der Waals surface area contributed by atoms with E-state index in [1.807, 2.05) is 11.6 Å². The fourth-order valence-electron chi connectivity index (χ4n) is 2.39. The number of hydrogen-bond donors (Lipinski definition) is 1. The van der Waals surface area contributed by atoms with E-state index >= 15 is 0 Å². The Bertz CT molecular complexity index is 345. The quantitative estimate of drug-likeness (QED) is 0.830. The predicted molar refractivity (Wildman–Crippen MR) is 61.7 cm³/mol. The molecule has 2 rings (SSSR count). The average Bonchev–Trinajstić information content (AvgIpc) is 2.66. The lowest BCUT2D eigenvalue weighted by Gasteiger charge is -2.34. The first kappa shape index (κ1) is 11.5. The maximum Gasteiger partial charge on any atom is 0.167 e. The highest BCUT2D eigenvalue weighted by Gasteiger charge is 2.29. The van der Waals surface area contributed by atoms with Crippen LogP contribution in [0.25, 0.3) is 0 Å². The Kier molecular flexibility index (Phi) is 2.97. The third-order valence-electron chi connectivity index (χ3n) is 3.58. The fourth-order valence-corrected chi connectivity index (χ4v) is 2.39. The summed E-state index contributed by atoms with van der Waals surface area (Å²) in [6, 6.07) is 0.342. The van der Waals surface area contributed by atoms with E-state index in [1.54, 1.807) is 0 Å². The normalized spacial score (nSPS) is 23.2. The first-order valence-corrected chi connectivity index (χ1v) is 6.03. The van der Waals surface area contributed by atoms with Crippen molar-refractivity contribution in [2.24, 2.45) is 11.1 Å². The standard InChI is InChI=1S/C11H21N5/c1-8(12)10-13-14-15-16(10)9-4-6-11(2,3)7-5-9/h8-9H,4-7,12H2,1-3H3. The molecular weight excluding hydrogens is 202 g/mol. The van der Waals surface area contributed by atoms with Crippen molar-refractivity contribution >= 4 is 0 Å². The minimum atomic E-state index is -0.0927. The molecule has 1 aliphatic carbocycles. The molecule has 0 aliphatic heterocycles. The van der Waals surface area contributed by atoms with Crippen LogP contribution in [0.15, 0.2) is 0 Å².